The van der Waals surface area contributed by atoms with Crippen LogP contribution < -0.4 is 10.6 Å². The second kappa shape index (κ2) is 3.17. The van der Waals surface area contributed by atoms with Crippen LogP contribution in [0.2, 0.25) is 0 Å². The minimum atomic E-state index is 0.898. The van der Waals surface area contributed by atoms with Gasteiger partial charge in [0.2, 0.25) is 0 Å². The fraction of sp³-hybridized carbons (Fsp3) is 0.429. The molecule has 0 atom stereocenters. The number of rotatable bonds is 2. The lowest BCUT2D eigenvalue weighted by Crippen LogP contribution is -2.19. The summed E-state index contributed by atoms with van der Waals surface area (Å²) >= 11 is 0. The lowest BCUT2D eigenvalue weighted by molar-refractivity contribution is 0.819. The van der Waals surface area contributed by atoms with E-state index in [0.29, 0.717) is 0 Å². The molecule has 2 nitrogen and oxygen atoms in total. The van der Waals surface area contributed by atoms with E-state index >= 15 is 0 Å². The number of hydrogen-bond donors (Lipinski definition) is 2. The average Bonchev–Trinajstić information content (AvgIpc) is 1.91. The zero-order chi connectivity index (χ0) is 6.53. The Morgan fingerprint density at radius 1 is 1.89 bits per heavy atom. The zero-order valence-corrected chi connectivity index (χ0v) is 5.57. The molecule has 0 saturated carbocycles. The van der Waals surface area contributed by atoms with Crippen LogP contribution in [0.15, 0.2) is 17.8 Å². The molecule has 0 saturated heterocycles. The first-order valence-electron chi connectivity index (χ1n) is 3.19. The third-order valence-corrected chi connectivity index (χ3v) is 1.09. The third-order valence-electron chi connectivity index (χ3n) is 1.09. The Kier molecular flexibility index (Phi) is 2.19. The van der Waals surface area contributed by atoms with Crippen molar-refractivity contribution in [3.8, 4) is 0 Å². The SMILES string of the molecule is CCNC1=[C]NCC=C1. The second-order valence-electron chi connectivity index (χ2n) is 1.85. The molecule has 1 aliphatic rings. The maximum absolute atomic E-state index is 3.14. The first-order valence-corrected chi connectivity index (χ1v) is 3.19. The molecular formula is C7H11N2. The number of likely N-dealkylation sites (N-methyl/N-ethyl adjacent to an activating group) is 1. The minimum absolute atomic E-state index is 0.898. The molecule has 1 heterocycles. The summed E-state index contributed by atoms with van der Waals surface area (Å²) in [6.07, 6.45) is 7.08. The van der Waals surface area contributed by atoms with Gasteiger partial charge in [-0.15, -0.1) is 0 Å². The Labute approximate surface area is 55.6 Å². The summed E-state index contributed by atoms with van der Waals surface area (Å²) in [4.78, 5) is 0. The van der Waals surface area contributed by atoms with Crippen molar-refractivity contribution in [2.75, 3.05) is 13.1 Å². The van der Waals surface area contributed by atoms with E-state index in [9.17, 15) is 0 Å². The Morgan fingerprint density at radius 2 is 2.78 bits per heavy atom. The van der Waals surface area contributed by atoms with E-state index in [1.54, 1.807) is 0 Å². The van der Waals surface area contributed by atoms with Gasteiger partial charge in [-0.1, -0.05) is 6.08 Å². The highest BCUT2D eigenvalue weighted by Gasteiger charge is 1.91. The van der Waals surface area contributed by atoms with Gasteiger partial charge in [-0.3, -0.25) is 0 Å². The molecular weight excluding hydrogens is 112 g/mol. The molecule has 1 rings (SSSR count). The lowest BCUT2D eigenvalue weighted by atomic mass is 10.3. The van der Waals surface area contributed by atoms with Crippen molar-refractivity contribution >= 4 is 0 Å². The Bertz CT molecular complexity index is 136. The number of dihydropyridines is 1. The second-order valence-corrected chi connectivity index (χ2v) is 1.85. The highest BCUT2D eigenvalue weighted by molar-refractivity contribution is 5.16. The maximum atomic E-state index is 3.14. The van der Waals surface area contributed by atoms with E-state index in [0.717, 1.165) is 18.8 Å². The van der Waals surface area contributed by atoms with Crippen LogP contribution in [0.5, 0.6) is 0 Å². The molecule has 0 amide bonds. The lowest BCUT2D eigenvalue weighted by Gasteiger charge is -2.07. The molecule has 2 heteroatoms. The van der Waals surface area contributed by atoms with E-state index < -0.39 is 0 Å². The predicted molar refractivity (Wildman–Crippen MR) is 37.6 cm³/mol. The first-order chi connectivity index (χ1) is 4.43. The van der Waals surface area contributed by atoms with E-state index in [1.165, 1.54) is 0 Å². The standard InChI is InChI=1S/C7H11N2/c1-2-9-7-4-3-5-8-6-7/h3-4,8-9H,2,5H2,1H3. The van der Waals surface area contributed by atoms with Gasteiger partial charge in [0.25, 0.3) is 0 Å². The van der Waals surface area contributed by atoms with Crippen LogP contribution in [0.3, 0.4) is 0 Å². The summed E-state index contributed by atoms with van der Waals surface area (Å²) in [5.41, 5.74) is 1.05. The number of hydrogen-bond acceptors (Lipinski definition) is 2. The molecule has 0 fully saturated rings. The maximum Gasteiger partial charge on any atom is 0.0835 e. The Morgan fingerprint density at radius 3 is 3.33 bits per heavy atom. The summed E-state index contributed by atoms with van der Waals surface area (Å²) < 4.78 is 0. The fourth-order valence-electron chi connectivity index (χ4n) is 0.717. The van der Waals surface area contributed by atoms with Crippen LogP contribution in [0.4, 0.5) is 0 Å². The molecule has 49 valence electrons. The predicted octanol–water partition coefficient (Wildman–Crippen LogP) is 0.400. The number of allylic oxidation sites excluding steroid dienone is 1. The summed E-state index contributed by atoms with van der Waals surface area (Å²) in [5.74, 6) is 0. The highest BCUT2D eigenvalue weighted by Crippen LogP contribution is 1.91. The monoisotopic (exact) mass is 123 g/mol. The van der Waals surface area contributed by atoms with Crippen molar-refractivity contribution in [3.05, 3.63) is 24.0 Å². The van der Waals surface area contributed by atoms with Gasteiger partial charge >= 0.3 is 0 Å². The van der Waals surface area contributed by atoms with Gasteiger partial charge in [-0.05, 0) is 13.0 Å². The van der Waals surface area contributed by atoms with Gasteiger partial charge in [0, 0.05) is 13.1 Å². The fourth-order valence-corrected chi connectivity index (χ4v) is 0.717. The topological polar surface area (TPSA) is 24.1 Å². The average molecular weight is 123 g/mol. The Hall–Kier alpha value is -0.920. The Balaban J connectivity index is 2.38. The van der Waals surface area contributed by atoms with Crippen molar-refractivity contribution in [1.29, 1.82) is 0 Å². The van der Waals surface area contributed by atoms with E-state index in [-0.39, 0.29) is 0 Å². The van der Waals surface area contributed by atoms with E-state index in [1.807, 2.05) is 6.08 Å². The molecule has 9 heavy (non-hydrogen) atoms. The summed E-state index contributed by atoms with van der Waals surface area (Å²) in [5, 5.41) is 6.12. The van der Waals surface area contributed by atoms with Gasteiger partial charge in [0.1, 0.15) is 0 Å². The van der Waals surface area contributed by atoms with Gasteiger partial charge in [0.15, 0.2) is 0 Å². The summed E-state index contributed by atoms with van der Waals surface area (Å²) in [6.45, 7) is 3.92. The molecule has 0 aromatic heterocycles. The normalized spacial score (nSPS) is 16.3. The largest absolute Gasteiger partial charge is 0.384 e. The zero-order valence-electron chi connectivity index (χ0n) is 5.57. The molecule has 0 aromatic carbocycles. The smallest absolute Gasteiger partial charge is 0.0835 e. The third kappa shape index (κ3) is 1.80. The highest BCUT2D eigenvalue weighted by atomic mass is 14.9. The van der Waals surface area contributed by atoms with Crippen LogP contribution in [-0.2, 0) is 0 Å². The van der Waals surface area contributed by atoms with Gasteiger partial charge in [-0.2, -0.15) is 0 Å². The van der Waals surface area contributed by atoms with Crippen LogP contribution in [-0.4, -0.2) is 13.1 Å². The van der Waals surface area contributed by atoms with Crippen LogP contribution in [0, 0.1) is 6.20 Å². The van der Waals surface area contributed by atoms with Gasteiger partial charge in [0.05, 0.1) is 11.9 Å². The molecule has 2 N–H and O–H groups in total. The molecule has 0 aromatic rings. The number of nitrogens with one attached hydrogen (secondary N) is 2. The van der Waals surface area contributed by atoms with Crippen molar-refractivity contribution in [1.82, 2.24) is 10.6 Å². The quantitative estimate of drug-likeness (QED) is 0.555. The first kappa shape index (κ1) is 6.20. The van der Waals surface area contributed by atoms with Crippen LogP contribution in [0.25, 0.3) is 0 Å². The summed E-state index contributed by atoms with van der Waals surface area (Å²) in [7, 11) is 0. The van der Waals surface area contributed by atoms with Crippen molar-refractivity contribution in [2.45, 2.75) is 6.92 Å². The molecule has 1 aliphatic heterocycles. The van der Waals surface area contributed by atoms with Crippen LogP contribution >= 0.6 is 0 Å². The van der Waals surface area contributed by atoms with Crippen molar-refractivity contribution in [2.24, 2.45) is 0 Å². The molecule has 0 spiro atoms. The van der Waals surface area contributed by atoms with Crippen molar-refractivity contribution < 1.29 is 0 Å². The minimum Gasteiger partial charge on any atom is -0.384 e. The van der Waals surface area contributed by atoms with E-state index in [4.69, 9.17) is 0 Å². The van der Waals surface area contributed by atoms with Gasteiger partial charge in [-0.25, -0.2) is 0 Å². The molecule has 0 bridgehead atoms. The summed E-state index contributed by atoms with van der Waals surface area (Å²) in [6, 6.07) is 0. The van der Waals surface area contributed by atoms with Crippen LogP contribution in [0.1, 0.15) is 6.92 Å². The van der Waals surface area contributed by atoms with E-state index in [2.05, 4.69) is 29.8 Å². The molecule has 0 aliphatic carbocycles. The molecule has 1 radical (unpaired) electrons. The molecule has 0 unspecified atom stereocenters. The van der Waals surface area contributed by atoms with Crippen molar-refractivity contribution in [3.63, 3.8) is 0 Å². The van der Waals surface area contributed by atoms with Gasteiger partial charge < -0.3 is 10.6 Å².